The highest BCUT2D eigenvalue weighted by molar-refractivity contribution is 7.22. The quantitative estimate of drug-likeness (QED) is 0.344. The maximum atomic E-state index is 14.3. The van der Waals surface area contributed by atoms with Gasteiger partial charge in [-0.3, -0.25) is 14.7 Å². The summed E-state index contributed by atoms with van der Waals surface area (Å²) in [6.07, 6.45) is 3.25. The number of pyridine rings is 1. The van der Waals surface area contributed by atoms with Crippen LogP contribution in [-0.4, -0.2) is 21.5 Å². The molecule has 164 valence electrons. The molecule has 4 rings (SSSR count). The second-order valence-electron chi connectivity index (χ2n) is 7.55. The Kier molecular flexibility index (Phi) is 6.08. The minimum absolute atomic E-state index is 0.00631. The second kappa shape index (κ2) is 8.80. The van der Waals surface area contributed by atoms with Crippen LogP contribution in [0.15, 0.2) is 60.9 Å². The summed E-state index contributed by atoms with van der Waals surface area (Å²) in [4.78, 5) is 23.4. The molecule has 9 heteroatoms. The second-order valence-corrected chi connectivity index (χ2v) is 9.00. The van der Waals surface area contributed by atoms with Crippen molar-refractivity contribution in [3.8, 4) is 5.75 Å². The molecule has 0 saturated carbocycles. The van der Waals surface area contributed by atoms with E-state index in [0.29, 0.717) is 15.5 Å². The number of hydrogen-bond donors (Lipinski definition) is 0. The monoisotopic (exact) mass is 473 g/mol. The molecular formula is C23H18ClF2N3O2S. The number of carbonyl (C=O) groups is 1. The average molecular weight is 474 g/mol. The molecule has 2 aromatic heterocycles. The minimum Gasteiger partial charge on any atom is -0.478 e. The van der Waals surface area contributed by atoms with Crippen LogP contribution in [0.5, 0.6) is 5.75 Å². The number of rotatable bonds is 6. The van der Waals surface area contributed by atoms with Crippen LogP contribution in [0.1, 0.15) is 19.4 Å². The Labute approximate surface area is 192 Å². The van der Waals surface area contributed by atoms with Crippen LogP contribution in [0.4, 0.5) is 13.9 Å². The summed E-state index contributed by atoms with van der Waals surface area (Å²) >= 11 is 6.95. The van der Waals surface area contributed by atoms with Crippen molar-refractivity contribution in [2.45, 2.75) is 26.0 Å². The fourth-order valence-electron chi connectivity index (χ4n) is 3.13. The van der Waals surface area contributed by atoms with Gasteiger partial charge in [0.25, 0.3) is 5.91 Å². The molecule has 0 radical (unpaired) electrons. The zero-order valence-corrected chi connectivity index (χ0v) is 18.8. The van der Waals surface area contributed by atoms with Crippen LogP contribution in [-0.2, 0) is 11.3 Å². The van der Waals surface area contributed by atoms with E-state index in [9.17, 15) is 13.6 Å². The standard InChI is InChI=1S/C23H18ClF2N3O2S/c1-23(2,31-17-7-5-15(24)6-8-17)21(30)29(13-14-4-3-9-27-12-14)22-28-20-18(26)10-16(25)11-19(20)32-22/h3-12H,13H2,1-2H3. The first-order chi connectivity index (χ1) is 15.2. The third-order valence-electron chi connectivity index (χ3n) is 4.64. The zero-order valence-electron chi connectivity index (χ0n) is 17.2. The Hall–Kier alpha value is -3.10. The molecule has 0 aliphatic rings. The van der Waals surface area contributed by atoms with E-state index in [1.807, 2.05) is 6.07 Å². The number of amides is 1. The molecule has 0 N–H and O–H groups in total. The van der Waals surface area contributed by atoms with Crippen LogP contribution >= 0.6 is 22.9 Å². The fraction of sp³-hybridized carbons (Fsp3) is 0.174. The van der Waals surface area contributed by atoms with Crippen molar-refractivity contribution in [2.75, 3.05) is 4.90 Å². The van der Waals surface area contributed by atoms with Crippen molar-refractivity contribution in [2.24, 2.45) is 0 Å². The third kappa shape index (κ3) is 4.71. The molecule has 32 heavy (non-hydrogen) atoms. The smallest absolute Gasteiger partial charge is 0.272 e. The van der Waals surface area contributed by atoms with Crippen molar-refractivity contribution in [3.63, 3.8) is 0 Å². The highest BCUT2D eigenvalue weighted by Gasteiger charge is 2.36. The van der Waals surface area contributed by atoms with Gasteiger partial charge < -0.3 is 4.74 Å². The first kappa shape index (κ1) is 22.1. The topological polar surface area (TPSA) is 55.3 Å². The number of benzene rings is 2. The molecule has 0 bridgehead atoms. The van der Waals surface area contributed by atoms with Gasteiger partial charge >= 0.3 is 0 Å². The molecule has 0 atom stereocenters. The Balaban J connectivity index is 1.72. The number of fused-ring (bicyclic) bond motifs is 1. The van der Waals surface area contributed by atoms with E-state index < -0.39 is 23.1 Å². The number of aromatic nitrogens is 2. The lowest BCUT2D eigenvalue weighted by Gasteiger charge is -2.31. The van der Waals surface area contributed by atoms with Crippen molar-refractivity contribution in [1.29, 1.82) is 0 Å². The van der Waals surface area contributed by atoms with Gasteiger partial charge in [-0.2, -0.15) is 0 Å². The zero-order chi connectivity index (χ0) is 22.9. The predicted octanol–water partition coefficient (Wildman–Crippen LogP) is 6.01. The first-order valence-corrected chi connectivity index (χ1v) is 10.8. The number of nitrogens with zero attached hydrogens (tertiary/aromatic N) is 3. The SMILES string of the molecule is CC(C)(Oc1ccc(Cl)cc1)C(=O)N(Cc1cccnc1)c1nc2c(F)cc(F)cc2s1. The molecule has 0 saturated heterocycles. The normalized spacial score (nSPS) is 11.5. The van der Waals surface area contributed by atoms with Crippen molar-refractivity contribution in [1.82, 2.24) is 9.97 Å². The van der Waals surface area contributed by atoms with Crippen LogP contribution in [0.3, 0.4) is 0 Å². The van der Waals surface area contributed by atoms with Gasteiger partial charge in [-0.15, -0.1) is 0 Å². The van der Waals surface area contributed by atoms with Gasteiger partial charge in [-0.25, -0.2) is 13.8 Å². The number of hydrogen-bond acceptors (Lipinski definition) is 5. The fourth-order valence-corrected chi connectivity index (χ4v) is 4.26. The van der Waals surface area contributed by atoms with E-state index in [1.165, 1.54) is 11.0 Å². The van der Waals surface area contributed by atoms with E-state index in [1.54, 1.807) is 56.6 Å². The van der Waals surface area contributed by atoms with Gasteiger partial charge in [0.15, 0.2) is 16.5 Å². The molecule has 5 nitrogen and oxygen atoms in total. The van der Waals surface area contributed by atoms with Gasteiger partial charge in [-0.05, 0) is 55.8 Å². The molecule has 0 aliphatic heterocycles. The van der Waals surface area contributed by atoms with Gasteiger partial charge in [0.2, 0.25) is 0 Å². The molecule has 0 spiro atoms. The first-order valence-electron chi connectivity index (χ1n) is 9.64. The Morgan fingerprint density at radius 3 is 2.62 bits per heavy atom. The van der Waals surface area contributed by atoms with E-state index in [-0.39, 0.29) is 17.2 Å². The summed E-state index contributed by atoms with van der Waals surface area (Å²) in [6, 6.07) is 12.2. The highest BCUT2D eigenvalue weighted by atomic mass is 35.5. The predicted molar refractivity (Wildman–Crippen MR) is 121 cm³/mol. The Morgan fingerprint density at radius 2 is 1.94 bits per heavy atom. The Bertz CT molecular complexity index is 1260. The third-order valence-corrected chi connectivity index (χ3v) is 5.92. The van der Waals surface area contributed by atoms with Gasteiger partial charge in [0, 0.05) is 23.5 Å². The summed E-state index contributed by atoms with van der Waals surface area (Å²) in [5.41, 5.74) is -0.543. The van der Waals surface area contributed by atoms with E-state index >= 15 is 0 Å². The number of thiazole rings is 1. The molecule has 0 fully saturated rings. The summed E-state index contributed by atoms with van der Waals surface area (Å²) in [6.45, 7) is 3.39. The summed E-state index contributed by atoms with van der Waals surface area (Å²) < 4.78 is 34.2. The molecule has 2 heterocycles. The lowest BCUT2D eigenvalue weighted by atomic mass is 10.1. The lowest BCUT2D eigenvalue weighted by Crippen LogP contribution is -2.48. The van der Waals surface area contributed by atoms with Gasteiger partial charge in [0.05, 0.1) is 11.2 Å². The van der Waals surface area contributed by atoms with Crippen LogP contribution < -0.4 is 9.64 Å². The highest BCUT2D eigenvalue weighted by Crippen LogP contribution is 2.34. The minimum atomic E-state index is -1.29. The van der Waals surface area contributed by atoms with E-state index in [4.69, 9.17) is 16.3 Å². The summed E-state index contributed by atoms with van der Waals surface area (Å²) in [7, 11) is 0. The number of ether oxygens (including phenoxy) is 1. The number of anilines is 1. The van der Waals surface area contributed by atoms with Gasteiger partial charge in [0.1, 0.15) is 17.1 Å². The van der Waals surface area contributed by atoms with Gasteiger partial charge in [-0.1, -0.05) is 29.0 Å². The maximum absolute atomic E-state index is 14.3. The Morgan fingerprint density at radius 1 is 1.19 bits per heavy atom. The van der Waals surface area contributed by atoms with Crippen LogP contribution in [0.2, 0.25) is 5.02 Å². The number of halogens is 3. The van der Waals surface area contributed by atoms with E-state index in [2.05, 4.69) is 9.97 Å². The molecule has 4 aromatic rings. The molecule has 0 unspecified atom stereocenters. The molecule has 1 amide bonds. The summed E-state index contributed by atoms with van der Waals surface area (Å²) in [5.74, 6) is -1.43. The summed E-state index contributed by atoms with van der Waals surface area (Å²) in [5, 5.41) is 0.773. The maximum Gasteiger partial charge on any atom is 0.272 e. The average Bonchev–Trinajstić information content (AvgIpc) is 3.18. The van der Waals surface area contributed by atoms with Crippen molar-refractivity contribution >= 4 is 44.2 Å². The van der Waals surface area contributed by atoms with Crippen LogP contribution in [0.25, 0.3) is 10.2 Å². The van der Waals surface area contributed by atoms with Crippen molar-refractivity contribution in [3.05, 3.63) is 83.1 Å². The molecule has 2 aromatic carbocycles. The van der Waals surface area contributed by atoms with Crippen LogP contribution in [0, 0.1) is 11.6 Å². The largest absolute Gasteiger partial charge is 0.478 e. The van der Waals surface area contributed by atoms with E-state index in [0.717, 1.165) is 23.0 Å². The molecular weight excluding hydrogens is 456 g/mol. The van der Waals surface area contributed by atoms with Crippen molar-refractivity contribution < 1.29 is 18.3 Å². The molecule has 0 aliphatic carbocycles. The lowest BCUT2D eigenvalue weighted by molar-refractivity contribution is -0.131. The number of carbonyl (C=O) groups excluding carboxylic acids is 1.